The number of halogens is 1. The molecule has 1 heterocycles. The lowest BCUT2D eigenvalue weighted by atomic mass is 10.1. The fourth-order valence-electron chi connectivity index (χ4n) is 1.49. The number of benzene rings is 1. The molecule has 0 aliphatic rings. The fourth-order valence-corrected chi connectivity index (χ4v) is 1.61. The summed E-state index contributed by atoms with van der Waals surface area (Å²) in [5, 5.41) is 4.13. The fraction of sp³-hybridized carbons (Fsp3) is 0.250. The Morgan fingerprint density at radius 3 is 2.75 bits per heavy atom. The molecule has 3 nitrogen and oxygen atoms in total. The lowest BCUT2D eigenvalue weighted by molar-refractivity contribution is 0.677. The molecule has 0 saturated heterocycles. The molecular weight excluding hydrogens is 222 g/mol. The number of H-pyrrole nitrogens is 1. The van der Waals surface area contributed by atoms with Gasteiger partial charge in [0.1, 0.15) is 0 Å². The summed E-state index contributed by atoms with van der Waals surface area (Å²) in [5.41, 5.74) is 2.40. The van der Waals surface area contributed by atoms with Gasteiger partial charge in [-0.1, -0.05) is 23.7 Å². The monoisotopic (exact) mass is 235 g/mol. The maximum absolute atomic E-state index is 5.81. The first kappa shape index (κ1) is 11.2. The molecule has 2 rings (SSSR count). The maximum Gasteiger partial charge on any atom is 0.0922 e. The van der Waals surface area contributed by atoms with Crippen LogP contribution in [-0.2, 0) is 13.0 Å². The Bertz CT molecular complexity index is 408. The van der Waals surface area contributed by atoms with E-state index in [0.29, 0.717) is 0 Å². The molecule has 0 bridgehead atoms. The van der Waals surface area contributed by atoms with Gasteiger partial charge in [0, 0.05) is 23.5 Å². The molecule has 0 aliphatic carbocycles. The van der Waals surface area contributed by atoms with Crippen LogP contribution in [-0.4, -0.2) is 16.5 Å². The molecule has 0 radical (unpaired) electrons. The molecule has 0 saturated carbocycles. The largest absolute Gasteiger partial charge is 0.347 e. The van der Waals surface area contributed by atoms with Crippen LogP contribution in [0.5, 0.6) is 0 Å². The molecule has 4 heteroatoms. The number of aromatic amines is 1. The van der Waals surface area contributed by atoms with E-state index in [4.69, 9.17) is 11.6 Å². The third kappa shape index (κ3) is 3.36. The minimum atomic E-state index is 0.786. The van der Waals surface area contributed by atoms with Crippen molar-refractivity contribution in [2.45, 2.75) is 13.0 Å². The first-order valence-electron chi connectivity index (χ1n) is 5.27. The predicted molar refractivity (Wildman–Crippen MR) is 65.5 cm³/mol. The highest BCUT2D eigenvalue weighted by molar-refractivity contribution is 6.30. The van der Waals surface area contributed by atoms with Gasteiger partial charge < -0.3 is 10.3 Å². The summed E-state index contributed by atoms with van der Waals surface area (Å²) in [6.07, 6.45) is 4.52. The van der Waals surface area contributed by atoms with Crippen LogP contribution in [0.4, 0.5) is 0 Å². The number of hydrogen-bond acceptors (Lipinski definition) is 2. The average Bonchev–Trinajstić information content (AvgIpc) is 2.80. The Kier molecular flexibility index (Phi) is 3.97. The number of rotatable bonds is 5. The van der Waals surface area contributed by atoms with Crippen molar-refractivity contribution < 1.29 is 0 Å². The molecule has 1 aromatic carbocycles. The summed E-state index contributed by atoms with van der Waals surface area (Å²) in [6, 6.07) is 7.96. The zero-order valence-electron chi connectivity index (χ0n) is 8.91. The van der Waals surface area contributed by atoms with E-state index in [0.717, 1.165) is 30.2 Å². The van der Waals surface area contributed by atoms with Crippen molar-refractivity contribution in [1.29, 1.82) is 0 Å². The van der Waals surface area contributed by atoms with E-state index in [-0.39, 0.29) is 0 Å². The van der Waals surface area contributed by atoms with Gasteiger partial charge in [-0.2, -0.15) is 0 Å². The third-order valence-corrected chi connectivity index (χ3v) is 2.63. The molecule has 0 amide bonds. The second-order valence-electron chi connectivity index (χ2n) is 3.63. The minimum Gasteiger partial charge on any atom is -0.347 e. The van der Waals surface area contributed by atoms with Gasteiger partial charge in [-0.15, -0.1) is 0 Å². The smallest absolute Gasteiger partial charge is 0.0922 e. The first-order chi connectivity index (χ1) is 7.84. The summed E-state index contributed by atoms with van der Waals surface area (Å²) in [6.45, 7) is 1.77. The molecule has 2 aromatic rings. The average molecular weight is 236 g/mol. The highest BCUT2D eigenvalue weighted by Crippen LogP contribution is 2.09. The van der Waals surface area contributed by atoms with Crippen molar-refractivity contribution in [3.8, 4) is 0 Å². The molecule has 0 fully saturated rings. The van der Waals surface area contributed by atoms with E-state index in [2.05, 4.69) is 27.4 Å². The normalized spacial score (nSPS) is 10.6. The van der Waals surface area contributed by atoms with Gasteiger partial charge in [0.2, 0.25) is 0 Å². The second kappa shape index (κ2) is 5.68. The molecule has 1 aromatic heterocycles. The van der Waals surface area contributed by atoms with Crippen molar-refractivity contribution >= 4 is 11.6 Å². The Labute approximate surface area is 99.9 Å². The van der Waals surface area contributed by atoms with Gasteiger partial charge in [-0.05, 0) is 30.7 Å². The quantitative estimate of drug-likeness (QED) is 0.782. The van der Waals surface area contributed by atoms with Crippen molar-refractivity contribution in [3.63, 3.8) is 0 Å². The summed E-state index contributed by atoms with van der Waals surface area (Å²) >= 11 is 5.81. The third-order valence-electron chi connectivity index (χ3n) is 2.37. The summed E-state index contributed by atoms with van der Waals surface area (Å²) in [5.74, 6) is 0. The first-order valence-corrected chi connectivity index (χ1v) is 5.65. The van der Waals surface area contributed by atoms with Crippen molar-refractivity contribution in [2.75, 3.05) is 6.54 Å². The number of nitrogens with zero attached hydrogens (tertiary/aromatic N) is 1. The van der Waals surface area contributed by atoms with E-state index in [1.165, 1.54) is 5.56 Å². The Morgan fingerprint density at radius 1 is 1.25 bits per heavy atom. The van der Waals surface area contributed by atoms with E-state index < -0.39 is 0 Å². The Hall–Kier alpha value is -1.32. The van der Waals surface area contributed by atoms with Crippen LogP contribution >= 0.6 is 11.6 Å². The second-order valence-corrected chi connectivity index (χ2v) is 4.07. The van der Waals surface area contributed by atoms with Gasteiger partial charge in [-0.25, -0.2) is 4.98 Å². The lowest BCUT2D eigenvalue weighted by Gasteiger charge is -2.03. The van der Waals surface area contributed by atoms with Crippen LogP contribution in [0, 0.1) is 0 Å². The van der Waals surface area contributed by atoms with Crippen LogP contribution < -0.4 is 5.32 Å². The number of aromatic nitrogens is 2. The van der Waals surface area contributed by atoms with Crippen molar-refractivity contribution in [3.05, 3.63) is 53.1 Å². The number of nitrogens with one attached hydrogen (secondary N) is 2. The molecule has 0 atom stereocenters. The van der Waals surface area contributed by atoms with Gasteiger partial charge in [-0.3, -0.25) is 0 Å². The highest BCUT2D eigenvalue weighted by atomic mass is 35.5. The number of imidazole rings is 1. The maximum atomic E-state index is 5.81. The van der Waals surface area contributed by atoms with E-state index in [9.17, 15) is 0 Å². The summed E-state index contributed by atoms with van der Waals surface area (Å²) in [7, 11) is 0. The van der Waals surface area contributed by atoms with Crippen LogP contribution in [0.15, 0.2) is 36.8 Å². The predicted octanol–water partition coefficient (Wildman–Crippen LogP) is 2.40. The zero-order valence-corrected chi connectivity index (χ0v) is 9.67. The minimum absolute atomic E-state index is 0.786. The molecular formula is C12H14ClN3. The molecule has 0 aliphatic heterocycles. The summed E-state index contributed by atoms with van der Waals surface area (Å²) < 4.78 is 0. The summed E-state index contributed by atoms with van der Waals surface area (Å²) in [4.78, 5) is 7.01. The topological polar surface area (TPSA) is 40.7 Å². The lowest BCUT2D eigenvalue weighted by Crippen LogP contribution is -2.16. The van der Waals surface area contributed by atoms with Crippen molar-refractivity contribution in [1.82, 2.24) is 15.3 Å². The van der Waals surface area contributed by atoms with Gasteiger partial charge in [0.05, 0.1) is 6.33 Å². The number of hydrogen-bond donors (Lipinski definition) is 2. The van der Waals surface area contributed by atoms with Crippen LogP contribution in [0.1, 0.15) is 11.3 Å². The van der Waals surface area contributed by atoms with Crippen LogP contribution in [0.3, 0.4) is 0 Å². The molecule has 0 unspecified atom stereocenters. The molecule has 0 spiro atoms. The molecule has 2 N–H and O–H groups in total. The molecule has 16 heavy (non-hydrogen) atoms. The SMILES string of the molecule is Clc1ccc(CCNCc2cnc[nH]2)cc1. The van der Waals surface area contributed by atoms with Gasteiger partial charge >= 0.3 is 0 Å². The Morgan fingerprint density at radius 2 is 2.06 bits per heavy atom. The highest BCUT2D eigenvalue weighted by Gasteiger charge is 1.95. The van der Waals surface area contributed by atoms with Crippen molar-refractivity contribution in [2.24, 2.45) is 0 Å². The van der Waals surface area contributed by atoms with Crippen LogP contribution in [0.2, 0.25) is 5.02 Å². The Balaban J connectivity index is 1.70. The standard InChI is InChI=1S/C12H14ClN3/c13-11-3-1-10(2-4-11)5-6-14-7-12-8-15-9-16-12/h1-4,8-9,14H,5-7H2,(H,15,16). The van der Waals surface area contributed by atoms with E-state index in [1.807, 2.05) is 18.3 Å². The molecule has 84 valence electrons. The van der Waals surface area contributed by atoms with Crippen LogP contribution in [0.25, 0.3) is 0 Å². The van der Waals surface area contributed by atoms with E-state index >= 15 is 0 Å². The van der Waals surface area contributed by atoms with Gasteiger partial charge in [0.25, 0.3) is 0 Å². The van der Waals surface area contributed by atoms with E-state index in [1.54, 1.807) is 6.33 Å². The van der Waals surface area contributed by atoms with Gasteiger partial charge in [0.15, 0.2) is 0 Å². The zero-order chi connectivity index (χ0) is 11.2.